The maximum absolute atomic E-state index is 11.1. The Hall–Kier alpha value is -2.14. The van der Waals surface area contributed by atoms with Crippen LogP contribution in [0.2, 0.25) is 0 Å². The molecule has 3 rings (SSSR count). The van der Waals surface area contributed by atoms with Gasteiger partial charge >= 0.3 is 0 Å². The third-order valence-electron chi connectivity index (χ3n) is 2.92. The van der Waals surface area contributed by atoms with E-state index in [1.165, 1.54) is 0 Å². The molecule has 1 heterocycles. The van der Waals surface area contributed by atoms with Crippen molar-refractivity contribution in [2.45, 2.75) is 0 Å². The molecule has 0 unspecified atom stereocenters. The Morgan fingerprint density at radius 3 is 2.79 bits per heavy atom. The highest BCUT2D eigenvalue weighted by molar-refractivity contribution is 9.10. The summed E-state index contributed by atoms with van der Waals surface area (Å²) in [7, 11) is 0. The third-order valence-corrected chi connectivity index (χ3v) is 3.41. The fourth-order valence-electron chi connectivity index (χ4n) is 2.00. The van der Waals surface area contributed by atoms with Crippen molar-refractivity contribution in [2.75, 3.05) is 0 Å². The number of benzene rings is 2. The number of nitrogens with two attached hydrogens (primary N) is 1. The molecule has 0 aliphatic heterocycles. The molecule has 94 valence electrons. The molecule has 5 heteroatoms. The number of rotatable bonds is 2. The highest BCUT2D eigenvalue weighted by Gasteiger charge is 2.07. The zero-order chi connectivity index (χ0) is 13.4. The lowest BCUT2D eigenvalue weighted by Gasteiger charge is -2.05. The molecule has 0 aliphatic carbocycles. The molecule has 0 saturated heterocycles. The fourth-order valence-corrected chi connectivity index (χ4v) is 2.38. The summed E-state index contributed by atoms with van der Waals surface area (Å²) in [5.41, 5.74) is 8.41. The Bertz CT molecular complexity index is 779. The largest absolute Gasteiger partial charge is 0.366 e. The standard InChI is InChI=1S/C14H10BrN3O/c15-10-2-1-3-11(7-10)18-8-17-12-6-9(14(16)19)4-5-13(12)18/h1-8H,(H2,16,19). The zero-order valence-corrected chi connectivity index (χ0v) is 11.5. The number of fused-ring (bicyclic) bond motifs is 1. The van der Waals surface area contributed by atoms with Crippen molar-refractivity contribution in [2.24, 2.45) is 5.73 Å². The second-order valence-corrected chi connectivity index (χ2v) is 5.08. The number of carbonyl (C=O) groups is 1. The van der Waals surface area contributed by atoms with E-state index in [2.05, 4.69) is 20.9 Å². The molecule has 1 amide bonds. The predicted octanol–water partition coefficient (Wildman–Crippen LogP) is 2.89. The second kappa shape index (κ2) is 4.51. The minimum atomic E-state index is -0.445. The van der Waals surface area contributed by atoms with Gasteiger partial charge in [0.25, 0.3) is 0 Å². The van der Waals surface area contributed by atoms with Crippen molar-refractivity contribution >= 4 is 32.9 Å². The van der Waals surface area contributed by atoms with Gasteiger partial charge in [-0.1, -0.05) is 22.0 Å². The Labute approximate surface area is 118 Å². The first-order chi connectivity index (χ1) is 9.15. The highest BCUT2D eigenvalue weighted by Crippen LogP contribution is 2.21. The molecule has 0 aliphatic rings. The molecule has 19 heavy (non-hydrogen) atoms. The van der Waals surface area contributed by atoms with Gasteiger partial charge in [-0.3, -0.25) is 9.36 Å². The van der Waals surface area contributed by atoms with Crippen molar-refractivity contribution in [3.63, 3.8) is 0 Å². The molecule has 2 N–H and O–H groups in total. The lowest BCUT2D eigenvalue weighted by Crippen LogP contribution is -2.10. The molecule has 2 aromatic carbocycles. The van der Waals surface area contributed by atoms with Gasteiger partial charge in [-0.25, -0.2) is 4.98 Å². The van der Waals surface area contributed by atoms with Crippen molar-refractivity contribution in [1.82, 2.24) is 9.55 Å². The van der Waals surface area contributed by atoms with Crippen LogP contribution in [-0.4, -0.2) is 15.5 Å². The van der Waals surface area contributed by atoms with E-state index in [9.17, 15) is 4.79 Å². The number of hydrogen-bond acceptors (Lipinski definition) is 2. The SMILES string of the molecule is NC(=O)c1ccc2c(c1)ncn2-c1cccc(Br)c1. The Morgan fingerprint density at radius 1 is 1.21 bits per heavy atom. The maximum Gasteiger partial charge on any atom is 0.248 e. The number of aromatic nitrogens is 2. The van der Waals surface area contributed by atoms with Gasteiger partial charge < -0.3 is 5.73 Å². The number of amides is 1. The maximum atomic E-state index is 11.1. The van der Waals surface area contributed by atoms with E-state index in [1.54, 1.807) is 18.5 Å². The van der Waals surface area contributed by atoms with E-state index in [-0.39, 0.29) is 0 Å². The molecule has 1 aromatic heterocycles. The van der Waals surface area contributed by atoms with E-state index in [4.69, 9.17) is 5.73 Å². The number of halogens is 1. The first kappa shape index (κ1) is 11.9. The number of nitrogens with zero attached hydrogens (tertiary/aromatic N) is 2. The molecule has 0 atom stereocenters. The van der Waals surface area contributed by atoms with Crippen LogP contribution in [0.25, 0.3) is 16.7 Å². The predicted molar refractivity (Wildman–Crippen MR) is 77.3 cm³/mol. The molecular formula is C14H10BrN3O. The normalized spacial score (nSPS) is 10.8. The average Bonchev–Trinajstić information content (AvgIpc) is 2.81. The third kappa shape index (κ3) is 2.13. The van der Waals surface area contributed by atoms with E-state index < -0.39 is 5.91 Å². The molecule has 0 fully saturated rings. The van der Waals surface area contributed by atoms with Crippen LogP contribution in [0.3, 0.4) is 0 Å². The van der Waals surface area contributed by atoms with Gasteiger partial charge in [0.1, 0.15) is 6.33 Å². The molecule has 0 radical (unpaired) electrons. The summed E-state index contributed by atoms with van der Waals surface area (Å²) in [6.45, 7) is 0. The summed E-state index contributed by atoms with van der Waals surface area (Å²) < 4.78 is 2.96. The number of hydrogen-bond donors (Lipinski definition) is 1. The number of primary amides is 1. The van der Waals surface area contributed by atoms with Crippen LogP contribution in [0.5, 0.6) is 0 Å². The minimum absolute atomic E-state index is 0.445. The summed E-state index contributed by atoms with van der Waals surface area (Å²) >= 11 is 3.45. The Balaban J connectivity index is 2.18. The van der Waals surface area contributed by atoms with Gasteiger partial charge in [-0.2, -0.15) is 0 Å². The Morgan fingerprint density at radius 2 is 2.05 bits per heavy atom. The second-order valence-electron chi connectivity index (χ2n) is 4.16. The quantitative estimate of drug-likeness (QED) is 0.790. The first-order valence-corrected chi connectivity index (χ1v) is 6.47. The lowest BCUT2D eigenvalue weighted by atomic mass is 10.2. The summed E-state index contributed by atoms with van der Waals surface area (Å²) in [5, 5.41) is 0. The highest BCUT2D eigenvalue weighted by atomic mass is 79.9. The van der Waals surface area contributed by atoms with Gasteiger partial charge in [-0.05, 0) is 36.4 Å². The van der Waals surface area contributed by atoms with Gasteiger partial charge in [-0.15, -0.1) is 0 Å². The van der Waals surface area contributed by atoms with E-state index in [1.807, 2.05) is 34.9 Å². The van der Waals surface area contributed by atoms with Crippen molar-refractivity contribution in [1.29, 1.82) is 0 Å². The smallest absolute Gasteiger partial charge is 0.248 e. The zero-order valence-electron chi connectivity index (χ0n) is 9.88. The molecular weight excluding hydrogens is 306 g/mol. The van der Waals surface area contributed by atoms with Crippen molar-refractivity contribution in [3.8, 4) is 5.69 Å². The van der Waals surface area contributed by atoms with E-state index in [0.717, 1.165) is 21.2 Å². The fraction of sp³-hybridized carbons (Fsp3) is 0. The van der Waals surface area contributed by atoms with Gasteiger partial charge in [0.2, 0.25) is 5.91 Å². The van der Waals surface area contributed by atoms with Crippen LogP contribution in [0.1, 0.15) is 10.4 Å². The van der Waals surface area contributed by atoms with Crippen LogP contribution in [0, 0.1) is 0 Å². The summed E-state index contributed by atoms with van der Waals surface area (Å²) in [4.78, 5) is 15.5. The van der Waals surface area contributed by atoms with Gasteiger partial charge in [0, 0.05) is 15.7 Å². The molecule has 3 aromatic rings. The number of imidazole rings is 1. The van der Waals surface area contributed by atoms with E-state index >= 15 is 0 Å². The van der Waals surface area contributed by atoms with Crippen LogP contribution in [0.15, 0.2) is 53.3 Å². The number of carbonyl (C=O) groups excluding carboxylic acids is 1. The lowest BCUT2D eigenvalue weighted by molar-refractivity contribution is 0.100. The summed E-state index contributed by atoms with van der Waals surface area (Å²) in [5.74, 6) is -0.445. The van der Waals surface area contributed by atoms with Gasteiger partial charge in [0.05, 0.1) is 11.0 Å². The monoisotopic (exact) mass is 315 g/mol. The first-order valence-electron chi connectivity index (χ1n) is 5.68. The van der Waals surface area contributed by atoms with Crippen molar-refractivity contribution < 1.29 is 4.79 Å². The van der Waals surface area contributed by atoms with E-state index in [0.29, 0.717) is 5.56 Å². The molecule has 0 saturated carbocycles. The van der Waals surface area contributed by atoms with Crippen LogP contribution < -0.4 is 5.73 Å². The van der Waals surface area contributed by atoms with Crippen LogP contribution >= 0.6 is 15.9 Å². The van der Waals surface area contributed by atoms with Crippen LogP contribution in [0.4, 0.5) is 0 Å². The van der Waals surface area contributed by atoms with Crippen LogP contribution in [-0.2, 0) is 0 Å². The molecule has 4 nitrogen and oxygen atoms in total. The summed E-state index contributed by atoms with van der Waals surface area (Å²) in [6, 6.07) is 13.2. The Kier molecular flexibility index (Phi) is 2.83. The summed E-state index contributed by atoms with van der Waals surface area (Å²) in [6.07, 6.45) is 1.73. The molecule has 0 bridgehead atoms. The average molecular weight is 316 g/mol. The molecule has 0 spiro atoms. The van der Waals surface area contributed by atoms with Gasteiger partial charge in [0.15, 0.2) is 0 Å². The minimum Gasteiger partial charge on any atom is -0.366 e. The van der Waals surface area contributed by atoms with Crippen molar-refractivity contribution in [3.05, 3.63) is 58.8 Å². The topological polar surface area (TPSA) is 60.9 Å².